The van der Waals surface area contributed by atoms with Crippen LogP contribution in [-0.4, -0.2) is 43.4 Å². The van der Waals surface area contributed by atoms with Crippen LogP contribution in [0.4, 0.5) is 5.82 Å². The van der Waals surface area contributed by atoms with Crippen molar-refractivity contribution in [2.75, 3.05) is 32.2 Å². The molecular formula is C26H30N4O3S. The number of aromatic nitrogens is 2. The van der Waals surface area contributed by atoms with Gasteiger partial charge in [0.05, 0.1) is 14.2 Å². The van der Waals surface area contributed by atoms with Gasteiger partial charge < -0.3 is 19.7 Å². The highest BCUT2D eigenvalue weighted by atomic mass is 32.2. The Balaban J connectivity index is 1.25. The van der Waals surface area contributed by atoms with E-state index in [0.29, 0.717) is 18.0 Å². The first-order chi connectivity index (χ1) is 16.6. The van der Waals surface area contributed by atoms with Crippen LogP contribution >= 0.6 is 11.8 Å². The molecule has 0 bridgehead atoms. The van der Waals surface area contributed by atoms with Crippen LogP contribution in [0.25, 0.3) is 0 Å². The van der Waals surface area contributed by atoms with E-state index in [0.717, 1.165) is 47.2 Å². The normalized spacial score (nSPS) is 14.0. The molecule has 2 heterocycles. The van der Waals surface area contributed by atoms with Gasteiger partial charge in [0.25, 0.3) is 0 Å². The van der Waals surface area contributed by atoms with Gasteiger partial charge in [-0.1, -0.05) is 35.5 Å². The Bertz CT molecular complexity index is 1100. The number of carbonyl (C=O) groups excluding carboxylic acids is 1. The maximum Gasteiger partial charge on any atom is 0.223 e. The average Bonchev–Trinajstić information content (AvgIpc) is 2.89. The van der Waals surface area contributed by atoms with Gasteiger partial charge in [-0.2, -0.15) is 0 Å². The zero-order valence-corrected chi connectivity index (χ0v) is 20.6. The second-order valence-corrected chi connectivity index (χ2v) is 9.41. The molecule has 1 aliphatic heterocycles. The third kappa shape index (κ3) is 5.99. The molecule has 0 unspecified atom stereocenters. The van der Waals surface area contributed by atoms with Crippen molar-refractivity contribution in [3.05, 3.63) is 65.7 Å². The minimum atomic E-state index is 0.000666. The predicted octanol–water partition coefficient (Wildman–Crippen LogP) is 4.49. The Kier molecular flexibility index (Phi) is 7.90. The minimum Gasteiger partial charge on any atom is -0.493 e. The Morgan fingerprint density at radius 1 is 1.00 bits per heavy atom. The molecule has 7 nitrogen and oxygen atoms in total. The number of nitrogens with zero attached hydrogens (tertiary/aromatic N) is 3. The number of nitrogens with one attached hydrogen (secondary N) is 1. The third-order valence-electron chi connectivity index (χ3n) is 5.97. The van der Waals surface area contributed by atoms with Crippen molar-refractivity contribution < 1.29 is 14.3 Å². The zero-order valence-electron chi connectivity index (χ0n) is 19.8. The van der Waals surface area contributed by atoms with Gasteiger partial charge in [-0.3, -0.25) is 4.79 Å². The Morgan fingerprint density at radius 3 is 2.38 bits per heavy atom. The lowest BCUT2D eigenvalue weighted by molar-refractivity contribution is -0.125. The summed E-state index contributed by atoms with van der Waals surface area (Å²) in [5.74, 6) is 2.28. The van der Waals surface area contributed by atoms with E-state index >= 15 is 0 Å². The molecule has 8 heteroatoms. The van der Waals surface area contributed by atoms with Gasteiger partial charge in [-0.25, -0.2) is 0 Å². The van der Waals surface area contributed by atoms with E-state index in [2.05, 4.69) is 51.6 Å². The molecule has 1 aromatic heterocycles. The number of rotatable bonds is 8. The van der Waals surface area contributed by atoms with Crippen molar-refractivity contribution >= 4 is 23.5 Å². The molecule has 3 aromatic rings. The van der Waals surface area contributed by atoms with Gasteiger partial charge in [0.15, 0.2) is 17.3 Å². The van der Waals surface area contributed by atoms with Gasteiger partial charge in [-0.05, 0) is 61.7 Å². The number of anilines is 1. The van der Waals surface area contributed by atoms with Crippen molar-refractivity contribution in [2.45, 2.75) is 36.2 Å². The summed E-state index contributed by atoms with van der Waals surface area (Å²) in [6.45, 7) is 4.11. The Morgan fingerprint density at radius 2 is 1.74 bits per heavy atom. The van der Waals surface area contributed by atoms with Crippen LogP contribution in [0, 0.1) is 12.8 Å². The fourth-order valence-corrected chi connectivity index (χ4v) is 4.69. The summed E-state index contributed by atoms with van der Waals surface area (Å²) in [4.78, 5) is 16.1. The average molecular weight is 479 g/mol. The number of benzene rings is 2. The molecule has 0 atom stereocenters. The summed E-state index contributed by atoms with van der Waals surface area (Å²) in [7, 11) is 3.21. The molecule has 34 heavy (non-hydrogen) atoms. The van der Waals surface area contributed by atoms with Crippen molar-refractivity contribution in [2.24, 2.45) is 5.92 Å². The van der Waals surface area contributed by atoms with Crippen molar-refractivity contribution in [1.29, 1.82) is 0 Å². The van der Waals surface area contributed by atoms with Gasteiger partial charge in [0.2, 0.25) is 5.91 Å². The van der Waals surface area contributed by atoms with E-state index in [1.165, 1.54) is 5.56 Å². The summed E-state index contributed by atoms with van der Waals surface area (Å²) < 4.78 is 10.6. The number of methoxy groups -OCH3 is 2. The SMILES string of the molecule is COc1ccc(CNC(=O)C2CCN(c3ccc(Sc4ccc(C)cc4)nn3)CC2)cc1OC. The third-order valence-corrected chi connectivity index (χ3v) is 6.91. The number of hydrogen-bond acceptors (Lipinski definition) is 7. The highest BCUT2D eigenvalue weighted by Gasteiger charge is 2.25. The van der Waals surface area contributed by atoms with Gasteiger partial charge in [0, 0.05) is 30.4 Å². The van der Waals surface area contributed by atoms with Gasteiger partial charge in [0.1, 0.15) is 5.03 Å². The molecule has 178 valence electrons. The zero-order chi connectivity index (χ0) is 23.9. The predicted molar refractivity (Wildman–Crippen MR) is 134 cm³/mol. The fourth-order valence-electron chi connectivity index (χ4n) is 3.96. The number of carbonyl (C=O) groups is 1. The Labute approximate surface area is 204 Å². The number of ether oxygens (including phenoxy) is 2. The molecule has 1 fully saturated rings. The quantitative estimate of drug-likeness (QED) is 0.511. The number of piperidine rings is 1. The molecule has 0 radical (unpaired) electrons. The van der Waals surface area contributed by atoms with Crippen LogP contribution in [0.2, 0.25) is 0 Å². The fraction of sp³-hybridized carbons (Fsp3) is 0.346. The molecule has 0 saturated carbocycles. The minimum absolute atomic E-state index is 0.000666. The lowest BCUT2D eigenvalue weighted by atomic mass is 9.96. The van der Waals surface area contributed by atoms with E-state index < -0.39 is 0 Å². The van der Waals surface area contributed by atoms with Crippen molar-refractivity contribution in [1.82, 2.24) is 15.5 Å². The van der Waals surface area contributed by atoms with Gasteiger partial charge >= 0.3 is 0 Å². The maximum absolute atomic E-state index is 12.7. The molecule has 1 saturated heterocycles. The molecule has 0 spiro atoms. The van der Waals surface area contributed by atoms with E-state index in [1.54, 1.807) is 26.0 Å². The highest BCUT2D eigenvalue weighted by molar-refractivity contribution is 7.99. The lowest BCUT2D eigenvalue weighted by Crippen LogP contribution is -2.40. The number of amides is 1. The second kappa shape index (κ2) is 11.2. The van der Waals surface area contributed by atoms with Crippen molar-refractivity contribution in [3.63, 3.8) is 0 Å². The van der Waals surface area contributed by atoms with E-state index in [4.69, 9.17) is 9.47 Å². The first kappa shape index (κ1) is 23.9. The number of hydrogen-bond donors (Lipinski definition) is 1. The summed E-state index contributed by atoms with van der Waals surface area (Å²) in [5.41, 5.74) is 2.21. The molecule has 4 rings (SSSR count). The molecule has 0 aliphatic carbocycles. The summed E-state index contributed by atoms with van der Waals surface area (Å²) in [6.07, 6.45) is 1.58. The summed E-state index contributed by atoms with van der Waals surface area (Å²) >= 11 is 1.60. The van der Waals surface area contributed by atoms with Crippen LogP contribution in [0.3, 0.4) is 0 Å². The van der Waals surface area contributed by atoms with Crippen LogP contribution in [0.5, 0.6) is 11.5 Å². The van der Waals surface area contributed by atoms with E-state index in [1.807, 2.05) is 30.3 Å². The van der Waals surface area contributed by atoms with Crippen molar-refractivity contribution in [3.8, 4) is 11.5 Å². The first-order valence-electron chi connectivity index (χ1n) is 11.4. The van der Waals surface area contributed by atoms with E-state index in [-0.39, 0.29) is 11.8 Å². The largest absolute Gasteiger partial charge is 0.493 e. The van der Waals surface area contributed by atoms with Crippen LogP contribution < -0.4 is 19.7 Å². The molecule has 1 amide bonds. The molecule has 1 N–H and O–H groups in total. The van der Waals surface area contributed by atoms with Crippen LogP contribution in [-0.2, 0) is 11.3 Å². The number of aryl methyl sites for hydroxylation is 1. The van der Waals surface area contributed by atoms with Gasteiger partial charge in [-0.15, -0.1) is 10.2 Å². The topological polar surface area (TPSA) is 76.6 Å². The first-order valence-corrected chi connectivity index (χ1v) is 12.2. The van der Waals surface area contributed by atoms with E-state index in [9.17, 15) is 4.79 Å². The molecular weight excluding hydrogens is 448 g/mol. The van der Waals surface area contributed by atoms with Crippen LogP contribution in [0.1, 0.15) is 24.0 Å². The monoisotopic (exact) mass is 478 g/mol. The maximum atomic E-state index is 12.7. The van der Waals surface area contributed by atoms with Crippen LogP contribution in [0.15, 0.2) is 64.5 Å². The Hall–Kier alpha value is -3.26. The smallest absolute Gasteiger partial charge is 0.223 e. The summed E-state index contributed by atoms with van der Waals surface area (Å²) in [6, 6.07) is 18.1. The highest BCUT2D eigenvalue weighted by Crippen LogP contribution is 2.29. The standard InChI is InChI=1S/C26H30N4O3S/c1-18-4-7-21(8-5-18)34-25-11-10-24(28-29-25)30-14-12-20(13-15-30)26(31)27-17-19-6-9-22(32-2)23(16-19)33-3/h4-11,16,20H,12-15,17H2,1-3H3,(H,27,31). The molecule has 1 aliphatic rings. The molecule has 2 aromatic carbocycles. The second-order valence-electron chi connectivity index (χ2n) is 8.31. The summed E-state index contributed by atoms with van der Waals surface area (Å²) in [5, 5.41) is 12.7. The lowest BCUT2D eigenvalue weighted by Gasteiger charge is -2.31.